The SMILES string of the molecule is CNC(=O)C(Cc1cc(-c2cccc(F)c2)ccc1C)=NOC. The maximum absolute atomic E-state index is 13.4. The first-order chi connectivity index (χ1) is 11.0. The lowest BCUT2D eigenvalue weighted by Gasteiger charge is -2.10. The largest absolute Gasteiger partial charge is 0.399 e. The van der Waals surface area contributed by atoms with Gasteiger partial charge in [0.25, 0.3) is 5.91 Å². The summed E-state index contributed by atoms with van der Waals surface area (Å²) in [5.74, 6) is -0.570. The van der Waals surface area contributed by atoms with Gasteiger partial charge in [-0.05, 0) is 41.3 Å². The highest BCUT2D eigenvalue weighted by Crippen LogP contribution is 2.23. The van der Waals surface area contributed by atoms with E-state index in [0.717, 1.165) is 22.3 Å². The Labute approximate surface area is 135 Å². The van der Waals surface area contributed by atoms with Gasteiger partial charge < -0.3 is 10.2 Å². The number of oxime groups is 1. The van der Waals surface area contributed by atoms with Crippen LogP contribution < -0.4 is 5.32 Å². The molecule has 0 aliphatic carbocycles. The summed E-state index contributed by atoms with van der Waals surface area (Å²) in [6.07, 6.45) is 0.336. The fraction of sp³-hybridized carbons (Fsp3) is 0.222. The normalized spacial score (nSPS) is 11.2. The minimum absolute atomic E-state index is 0.281. The number of benzene rings is 2. The van der Waals surface area contributed by atoms with Crippen LogP contribution in [0.1, 0.15) is 11.1 Å². The molecule has 1 amide bonds. The third kappa shape index (κ3) is 4.16. The molecule has 0 aliphatic heterocycles. The van der Waals surface area contributed by atoms with Crippen molar-refractivity contribution in [3.8, 4) is 11.1 Å². The van der Waals surface area contributed by atoms with Crippen molar-refractivity contribution in [2.75, 3.05) is 14.2 Å². The van der Waals surface area contributed by atoms with Crippen LogP contribution in [0.2, 0.25) is 0 Å². The van der Waals surface area contributed by atoms with Crippen LogP contribution in [-0.4, -0.2) is 25.8 Å². The van der Waals surface area contributed by atoms with E-state index in [-0.39, 0.29) is 17.4 Å². The number of aryl methyl sites for hydroxylation is 1. The van der Waals surface area contributed by atoms with E-state index in [4.69, 9.17) is 4.84 Å². The van der Waals surface area contributed by atoms with E-state index in [1.54, 1.807) is 13.1 Å². The Kier molecular flexibility index (Phi) is 5.46. The molecule has 0 spiro atoms. The van der Waals surface area contributed by atoms with E-state index in [2.05, 4.69) is 10.5 Å². The Morgan fingerprint density at radius 2 is 1.96 bits per heavy atom. The molecule has 23 heavy (non-hydrogen) atoms. The average molecular weight is 314 g/mol. The molecule has 0 bridgehead atoms. The number of halogens is 1. The summed E-state index contributed by atoms with van der Waals surface area (Å²) in [5.41, 5.74) is 3.92. The number of hydrogen-bond acceptors (Lipinski definition) is 3. The van der Waals surface area contributed by atoms with Gasteiger partial charge in [0.1, 0.15) is 18.6 Å². The van der Waals surface area contributed by atoms with Crippen molar-refractivity contribution >= 4 is 11.6 Å². The van der Waals surface area contributed by atoms with Crippen LogP contribution in [0.25, 0.3) is 11.1 Å². The molecule has 120 valence electrons. The van der Waals surface area contributed by atoms with Gasteiger partial charge in [-0.25, -0.2) is 4.39 Å². The van der Waals surface area contributed by atoms with Gasteiger partial charge in [0.05, 0.1) is 0 Å². The lowest BCUT2D eigenvalue weighted by Crippen LogP contribution is -2.29. The smallest absolute Gasteiger partial charge is 0.269 e. The molecule has 0 radical (unpaired) electrons. The van der Waals surface area contributed by atoms with Gasteiger partial charge in [-0.2, -0.15) is 0 Å². The molecule has 0 heterocycles. The van der Waals surface area contributed by atoms with Crippen molar-refractivity contribution in [3.05, 3.63) is 59.4 Å². The fourth-order valence-electron chi connectivity index (χ4n) is 2.30. The Morgan fingerprint density at radius 3 is 2.61 bits per heavy atom. The predicted molar refractivity (Wildman–Crippen MR) is 88.8 cm³/mol. The van der Waals surface area contributed by atoms with Gasteiger partial charge in [-0.15, -0.1) is 0 Å². The van der Waals surface area contributed by atoms with Crippen LogP contribution in [-0.2, 0) is 16.1 Å². The fourth-order valence-corrected chi connectivity index (χ4v) is 2.30. The Hall–Kier alpha value is -2.69. The minimum Gasteiger partial charge on any atom is -0.399 e. The van der Waals surface area contributed by atoms with E-state index >= 15 is 0 Å². The lowest BCUT2D eigenvalue weighted by molar-refractivity contribution is -0.114. The molecule has 4 nitrogen and oxygen atoms in total. The van der Waals surface area contributed by atoms with Gasteiger partial charge in [0.15, 0.2) is 0 Å². The first-order valence-corrected chi connectivity index (χ1v) is 7.22. The summed E-state index contributed by atoms with van der Waals surface area (Å²) >= 11 is 0. The van der Waals surface area contributed by atoms with Crippen molar-refractivity contribution in [2.24, 2.45) is 5.16 Å². The number of amides is 1. The van der Waals surface area contributed by atoms with Crippen molar-refractivity contribution in [3.63, 3.8) is 0 Å². The topological polar surface area (TPSA) is 50.7 Å². The molecule has 0 atom stereocenters. The quantitative estimate of drug-likeness (QED) is 0.681. The summed E-state index contributed by atoms with van der Waals surface area (Å²) in [5, 5.41) is 6.34. The second-order valence-electron chi connectivity index (χ2n) is 5.13. The van der Waals surface area contributed by atoms with Gasteiger partial charge in [-0.3, -0.25) is 4.79 Å². The number of carbonyl (C=O) groups is 1. The second-order valence-corrected chi connectivity index (χ2v) is 5.13. The zero-order valence-electron chi connectivity index (χ0n) is 13.4. The highest BCUT2D eigenvalue weighted by atomic mass is 19.1. The first-order valence-electron chi connectivity index (χ1n) is 7.22. The van der Waals surface area contributed by atoms with E-state index in [1.165, 1.54) is 19.2 Å². The molecule has 0 fully saturated rings. The molecule has 2 aromatic carbocycles. The number of carbonyl (C=O) groups excluding carboxylic acids is 1. The van der Waals surface area contributed by atoms with Crippen LogP contribution in [0.4, 0.5) is 4.39 Å². The molecule has 0 aromatic heterocycles. The van der Waals surface area contributed by atoms with Gasteiger partial charge >= 0.3 is 0 Å². The predicted octanol–water partition coefficient (Wildman–Crippen LogP) is 3.09. The van der Waals surface area contributed by atoms with Crippen molar-refractivity contribution in [1.82, 2.24) is 5.32 Å². The number of nitrogens with one attached hydrogen (secondary N) is 1. The summed E-state index contributed by atoms with van der Waals surface area (Å²) < 4.78 is 13.4. The van der Waals surface area contributed by atoms with Gasteiger partial charge in [0, 0.05) is 13.5 Å². The summed E-state index contributed by atoms with van der Waals surface area (Å²) in [4.78, 5) is 16.6. The molecule has 1 N–H and O–H groups in total. The van der Waals surface area contributed by atoms with Crippen LogP contribution in [0.15, 0.2) is 47.6 Å². The van der Waals surface area contributed by atoms with Crippen molar-refractivity contribution < 1.29 is 14.0 Å². The summed E-state index contributed by atoms with van der Waals surface area (Å²) in [7, 11) is 2.95. The second kappa shape index (κ2) is 7.54. The molecule has 0 saturated carbocycles. The standard InChI is InChI=1S/C18H19FN2O2/c1-12-7-8-14(13-5-4-6-16(19)10-13)9-15(12)11-17(21-23-3)18(22)20-2/h4-10H,11H2,1-3H3,(H,20,22). The molecular weight excluding hydrogens is 295 g/mol. The molecule has 0 aliphatic rings. The van der Waals surface area contributed by atoms with Crippen molar-refractivity contribution in [2.45, 2.75) is 13.3 Å². The van der Waals surface area contributed by atoms with Crippen LogP contribution in [0.5, 0.6) is 0 Å². The van der Waals surface area contributed by atoms with E-state index in [1.807, 2.05) is 31.2 Å². The zero-order valence-corrected chi connectivity index (χ0v) is 13.4. The average Bonchev–Trinajstić information content (AvgIpc) is 2.55. The maximum atomic E-state index is 13.4. The molecule has 0 saturated heterocycles. The Bertz CT molecular complexity index is 742. The highest BCUT2D eigenvalue weighted by molar-refractivity contribution is 6.39. The van der Waals surface area contributed by atoms with Crippen molar-refractivity contribution in [1.29, 1.82) is 0 Å². The molecule has 2 rings (SSSR count). The number of hydrogen-bond donors (Lipinski definition) is 1. The maximum Gasteiger partial charge on any atom is 0.269 e. The summed E-state index contributed by atoms with van der Waals surface area (Å²) in [6, 6.07) is 12.2. The number of rotatable bonds is 5. The van der Waals surface area contributed by atoms with E-state index in [0.29, 0.717) is 6.42 Å². The molecule has 5 heteroatoms. The minimum atomic E-state index is -0.289. The zero-order chi connectivity index (χ0) is 16.8. The Balaban J connectivity index is 2.37. The first kappa shape index (κ1) is 16.7. The van der Waals surface area contributed by atoms with Crippen LogP contribution in [0.3, 0.4) is 0 Å². The third-order valence-electron chi connectivity index (χ3n) is 3.56. The van der Waals surface area contributed by atoms with E-state index < -0.39 is 0 Å². The third-order valence-corrected chi connectivity index (χ3v) is 3.56. The number of nitrogens with zero attached hydrogens (tertiary/aromatic N) is 1. The molecule has 2 aromatic rings. The lowest BCUT2D eigenvalue weighted by atomic mass is 9.96. The van der Waals surface area contributed by atoms with Gasteiger partial charge in [0.2, 0.25) is 0 Å². The summed E-state index contributed by atoms with van der Waals surface area (Å²) in [6.45, 7) is 1.96. The van der Waals surface area contributed by atoms with Crippen LogP contribution in [0, 0.1) is 12.7 Å². The van der Waals surface area contributed by atoms with E-state index in [9.17, 15) is 9.18 Å². The Morgan fingerprint density at radius 1 is 1.22 bits per heavy atom. The monoisotopic (exact) mass is 314 g/mol. The molecular formula is C18H19FN2O2. The van der Waals surface area contributed by atoms with Gasteiger partial charge in [-0.1, -0.05) is 35.5 Å². The highest BCUT2D eigenvalue weighted by Gasteiger charge is 2.14. The van der Waals surface area contributed by atoms with Crippen LogP contribution >= 0.6 is 0 Å². The molecule has 0 unspecified atom stereocenters.